The second kappa shape index (κ2) is 8.61. The number of rotatable bonds is 8. The molecule has 2 aromatic heterocycles. The minimum atomic E-state index is -0.484. The molecule has 2 heterocycles. The quantitative estimate of drug-likeness (QED) is 0.391. The van der Waals surface area contributed by atoms with E-state index >= 15 is 0 Å². The summed E-state index contributed by atoms with van der Waals surface area (Å²) in [5, 5.41) is 3.35. The molecule has 0 aliphatic carbocycles. The zero-order valence-electron chi connectivity index (χ0n) is 15.9. The van der Waals surface area contributed by atoms with Crippen molar-refractivity contribution in [3.63, 3.8) is 0 Å². The molecule has 0 saturated heterocycles. The number of benzene rings is 1. The molecular weight excluding hydrogens is 430 g/mol. The lowest BCUT2D eigenvalue weighted by molar-refractivity contribution is 0.354. The van der Waals surface area contributed by atoms with Crippen LogP contribution in [0.4, 0.5) is 0 Å². The summed E-state index contributed by atoms with van der Waals surface area (Å²) in [5.41, 5.74) is 0.928. The number of ether oxygens (including phenoxy) is 2. The Labute approximate surface area is 169 Å². The van der Waals surface area contributed by atoms with Crippen molar-refractivity contribution >= 4 is 27.1 Å². The van der Waals surface area contributed by atoms with Gasteiger partial charge in [-0.2, -0.15) is 0 Å². The lowest BCUT2D eigenvalue weighted by atomic mass is 10.1. The lowest BCUT2D eigenvalue weighted by Crippen LogP contribution is -2.30. The van der Waals surface area contributed by atoms with Gasteiger partial charge in [0.2, 0.25) is 0 Å². The van der Waals surface area contributed by atoms with E-state index in [1.54, 1.807) is 25.8 Å². The van der Waals surface area contributed by atoms with E-state index < -0.39 is 11.2 Å². The minimum Gasteiger partial charge on any atom is -0.493 e. The summed E-state index contributed by atoms with van der Waals surface area (Å²) in [4.78, 5) is 30.5. The van der Waals surface area contributed by atoms with Gasteiger partial charge in [0, 0.05) is 20.1 Å². The van der Waals surface area contributed by atoms with Gasteiger partial charge in [0.15, 0.2) is 27.4 Å². The number of imidazole rings is 1. The number of fused-ring (bicyclic) bond motifs is 1. The monoisotopic (exact) mass is 451 g/mol. The Morgan fingerprint density at radius 3 is 2.64 bits per heavy atom. The highest BCUT2D eigenvalue weighted by atomic mass is 79.9. The Morgan fingerprint density at radius 2 is 1.93 bits per heavy atom. The van der Waals surface area contributed by atoms with Crippen molar-refractivity contribution in [2.45, 2.75) is 13.0 Å². The van der Waals surface area contributed by atoms with Gasteiger partial charge in [0.25, 0.3) is 5.56 Å². The standard InChI is InChI=1S/C18H22BrN5O4/c1-23-15-14(16(25)22-18(23)26)24(17(19)21-15)9-8-20-7-6-11-4-5-12(27-2)13(10-11)28-3/h4-5,10,20H,6-9H2,1-3H3,(H,22,25,26). The second-order valence-corrected chi connectivity index (χ2v) is 6.92. The predicted octanol–water partition coefficient (Wildman–Crippen LogP) is 1.04. The summed E-state index contributed by atoms with van der Waals surface area (Å²) in [6.45, 7) is 1.93. The number of H-pyrrole nitrogens is 1. The van der Waals surface area contributed by atoms with Crippen LogP contribution in [0.25, 0.3) is 11.2 Å². The van der Waals surface area contributed by atoms with Gasteiger partial charge >= 0.3 is 5.69 Å². The maximum atomic E-state index is 12.2. The first kappa shape index (κ1) is 20.2. The smallest absolute Gasteiger partial charge is 0.329 e. The third kappa shape index (κ3) is 3.97. The van der Waals surface area contributed by atoms with Crippen molar-refractivity contribution in [2.75, 3.05) is 27.3 Å². The Kier molecular flexibility index (Phi) is 6.20. The van der Waals surface area contributed by atoms with Crippen LogP contribution in [-0.2, 0) is 20.0 Å². The van der Waals surface area contributed by atoms with E-state index in [0.717, 1.165) is 18.5 Å². The fraction of sp³-hybridized carbons (Fsp3) is 0.389. The Hall–Kier alpha value is -2.59. The summed E-state index contributed by atoms with van der Waals surface area (Å²) in [7, 11) is 4.80. The van der Waals surface area contributed by atoms with Crippen molar-refractivity contribution in [1.29, 1.82) is 0 Å². The van der Waals surface area contributed by atoms with Crippen molar-refractivity contribution in [3.05, 3.63) is 49.3 Å². The molecule has 9 nitrogen and oxygen atoms in total. The van der Waals surface area contributed by atoms with Crippen molar-refractivity contribution in [2.24, 2.45) is 7.05 Å². The van der Waals surface area contributed by atoms with E-state index in [9.17, 15) is 9.59 Å². The summed E-state index contributed by atoms with van der Waals surface area (Å²) < 4.78 is 14.1. The van der Waals surface area contributed by atoms with Gasteiger partial charge in [-0.05, 0) is 46.6 Å². The van der Waals surface area contributed by atoms with Crippen LogP contribution in [0.1, 0.15) is 5.56 Å². The summed E-state index contributed by atoms with van der Waals surface area (Å²) in [5.74, 6) is 1.41. The molecule has 0 aliphatic rings. The molecule has 1 aromatic carbocycles. The average molecular weight is 452 g/mol. The molecular formula is C18H22BrN5O4. The first-order chi connectivity index (χ1) is 13.5. The van der Waals surface area contributed by atoms with Gasteiger partial charge in [0.1, 0.15) is 0 Å². The molecule has 0 saturated carbocycles. The molecule has 0 unspecified atom stereocenters. The minimum absolute atomic E-state index is 0.353. The van der Waals surface area contributed by atoms with Gasteiger partial charge in [-0.15, -0.1) is 0 Å². The molecule has 10 heteroatoms. The molecule has 2 N–H and O–H groups in total. The van der Waals surface area contributed by atoms with Gasteiger partial charge in [-0.25, -0.2) is 9.78 Å². The maximum absolute atomic E-state index is 12.2. The predicted molar refractivity (Wildman–Crippen MR) is 109 cm³/mol. The van der Waals surface area contributed by atoms with Gasteiger partial charge < -0.3 is 19.4 Å². The van der Waals surface area contributed by atoms with E-state index in [2.05, 4.69) is 31.2 Å². The van der Waals surface area contributed by atoms with Crippen LogP contribution in [0, 0.1) is 0 Å². The van der Waals surface area contributed by atoms with Gasteiger partial charge in [-0.1, -0.05) is 6.07 Å². The van der Waals surface area contributed by atoms with Gasteiger partial charge in [-0.3, -0.25) is 14.3 Å². The molecule has 3 rings (SSSR count). The number of aromatic amines is 1. The van der Waals surface area contributed by atoms with Gasteiger partial charge in [0.05, 0.1) is 14.2 Å². The molecule has 0 fully saturated rings. The number of nitrogens with one attached hydrogen (secondary N) is 2. The molecule has 0 spiro atoms. The Bertz CT molecular complexity index is 1100. The zero-order chi connectivity index (χ0) is 20.3. The fourth-order valence-corrected chi connectivity index (χ4v) is 3.52. The number of aryl methyl sites for hydroxylation is 1. The van der Waals surface area contributed by atoms with E-state index in [-0.39, 0.29) is 0 Å². The summed E-state index contributed by atoms with van der Waals surface area (Å²) in [6, 6.07) is 5.85. The van der Waals surface area contributed by atoms with E-state index in [1.165, 1.54) is 4.57 Å². The molecule has 0 radical (unpaired) electrons. The number of aromatic nitrogens is 4. The highest BCUT2D eigenvalue weighted by Gasteiger charge is 2.15. The van der Waals surface area contributed by atoms with E-state index in [1.807, 2.05) is 18.2 Å². The van der Waals surface area contributed by atoms with Crippen LogP contribution in [-0.4, -0.2) is 46.4 Å². The number of hydrogen-bond acceptors (Lipinski definition) is 6. The first-order valence-corrected chi connectivity index (χ1v) is 9.52. The Balaban J connectivity index is 1.62. The van der Waals surface area contributed by atoms with E-state index in [4.69, 9.17) is 9.47 Å². The fourth-order valence-electron chi connectivity index (χ4n) is 3.00. The molecule has 3 aromatic rings. The maximum Gasteiger partial charge on any atom is 0.329 e. The summed E-state index contributed by atoms with van der Waals surface area (Å²) >= 11 is 3.37. The van der Waals surface area contributed by atoms with Crippen molar-refractivity contribution in [3.8, 4) is 11.5 Å². The lowest BCUT2D eigenvalue weighted by Gasteiger charge is -2.10. The van der Waals surface area contributed by atoms with Crippen molar-refractivity contribution < 1.29 is 9.47 Å². The van der Waals surface area contributed by atoms with E-state index in [0.29, 0.717) is 40.5 Å². The second-order valence-electron chi connectivity index (χ2n) is 6.21. The topological polar surface area (TPSA) is 103 Å². The number of methoxy groups -OCH3 is 2. The number of nitrogens with zero attached hydrogens (tertiary/aromatic N) is 3. The average Bonchev–Trinajstić information content (AvgIpc) is 3.02. The van der Waals surface area contributed by atoms with Crippen LogP contribution < -0.4 is 26.0 Å². The highest BCUT2D eigenvalue weighted by molar-refractivity contribution is 9.10. The zero-order valence-corrected chi connectivity index (χ0v) is 17.5. The van der Waals surface area contributed by atoms with Crippen LogP contribution in [0.2, 0.25) is 0 Å². The van der Waals surface area contributed by atoms with Crippen molar-refractivity contribution in [1.82, 2.24) is 24.4 Å². The summed E-state index contributed by atoms with van der Waals surface area (Å²) in [6.07, 6.45) is 0.821. The highest BCUT2D eigenvalue weighted by Crippen LogP contribution is 2.27. The molecule has 0 aliphatic heterocycles. The molecule has 28 heavy (non-hydrogen) atoms. The van der Waals surface area contributed by atoms with Crippen LogP contribution >= 0.6 is 15.9 Å². The Morgan fingerprint density at radius 1 is 1.18 bits per heavy atom. The van der Waals surface area contributed by atoms with Crippen LogP contribution in [0.5, 0.6) is 11.5 Å². The normalized spacial score (nSPS) is 11.1. The number of halogens is 1. The third-order valence-corrected chi connectivity index (χ3v) is 5.12. The molecule has 0 bridgehead atoms. The third-order valence-electron chi connectivity index (χ3n) is 4.51. The number of hydrogen-bond donors (Lipinski definition) is 2. The molecule has 0 atom stereocenters. The first-order valence-electron chi connectivity index (χ1n) is 8.73. The molecule has 0 amide bonds. The molecule has 150 valence electrons. The van der Waals surface area contributed by atoms with Crippen LogP contribution in [0.3, 0.4) is 0 Å². The largest absolute Gasteiger partial charge is 0.493 e. The SMILES string of the molecule is COc1ccc(CCNCCn2c(Br)nc3c2c(=O)[nH]c(=O)n3C)cc1OC. The van der Waals surface area contributed by atoms with Crippen LogP contribution in [0.15, 0.2) is 32.5 Å².